The molecule has 0 saturated heterocycles. The van der Waals surface area contributed by atoms with Crippen molar-refractivity contribution in [1.29, 1.82) is 0 Å². The number of esters is 1. The molecule has 130 valence electrons. The van der Waals surface area contributed by atoms with E-state index in [0.29, 0.717) is 32.1 Å². The summed E-state index contributed by atoms with van der Waals surface area (Å²) in [6, 6.07) is 12.4. The van der Waals surface area contributed by atoms with Crippen molar-refractivity contribution in [2.75, 3.05) is 0 Å². The van der Waals surface area contributed by atoms with Crippen LogP contribution in [0, 0.1) is 0 Å². The highest BCUT2D eigenvalue weighted by Gasteiger charge is 2.20. The highest BCUT2D eigenvalue weighted by molar-refractivity contribution is 7.23. The molecule has 2 aromatic carbocycles. The van der Waals surface area contributed by atoms with Crippen LogP contribution in [0.4, 0.5) is 0 Å². The lowest BCUT2D eigenvalue weighted by Gasteiger charge is -2.04. The van der Waals surface area contributed by atoms with E-state index >= 15 is 0 Å². The first-order valence-corrected chi connectivity index (χ1v) is 9.09. The summed E-state index contributed by atoms with van der Waals surface area (Å²) in [7, 11) is 0. The molecule has 0 bridgehead atoms. The number of para-hydroxylation sites is 1. The van der Waals surface area contributed by atoms with E-state index in [0.717, 1.165) is 10.1 Å². The maximum Gasteiger partial charge on any atom is 0.308 e. The van der Waals surface area contributed by atoms with Gasteiger partial charge in [-0.3, -0.25) is 4.79 Å². The highest BCUT2D eigenvalue weighted by Crippen LogP contribution is 2.43. The molecule has 8 heteroatoms. The summed E-state index contributed by atoms with van der Waals surface area (Å²) in [4.78, 5) is 11.9. The van der Waals surface area contributed by atoms with E-state index in [1.165, 1.54) is 18.3 Å². The Hall–Kier alpha value is -2.41. The zero-order valence-electron chi connectivity index (χ0n) is 13.3. The molecule has 0 atom stereocenters. The van der Waals surface area contributed by atoms with Crippen molar-refractivity contribution in [2.24, 2.45) is 0 Å². The van der Waals surface area contributed by atoms with Gasteiger partial charge in [-0.25, -0.2) is 0 Å². The van der Waals surface area contributed by atoms with Gasteiger partial charge >= 0.3 is 5.97 Å². The minimum Gasteiger partial charge on any atom is -0.426 e. The van der Waals surface area contributed by atoms with Crippen LogP contribution in [0.5, 0.6) is 5.75 Å². The summed E-state index contributed by atoms with van der Waals surface area (Å²) < 4.78 is 12.0. The van der Waals surface area contributed by atoms with Crippen molar-refractivity contribution in [1.82, 2.24) is 10.2 Å². The normalized spacial score (nSPS) is 11.0. The van der Waals surface area contributed by atoms with E-state index in [1.807, 2.05) is 6.07 Å². The summed E-state index contributed by atoms with van der Waals surface area (Å²) >= 11 is 14.0. The number of halogens is 2. The average Bonchev–Trinajstić information content (AvgIpc) is 3.20. The molecule has 4 rings (SSSR count). The largest absolute Gasteiger partial charge is 0.426 e. The quantitative estimate of drug-likeness (QED) is 0.316. The van der Waals surface area contributed by atoms with Crippen LogP contribution in [-0.4, -0.2) is 16.2 Å². The summed E-state index contributed by atoms with van der Waals surface area (Å²) in [5.41, 5.74) is 0.529. The predicted molar refractivity (Wildman–Crippen MR) is 102 cm³/mol. The topological polar surface area (TPSA) is 65.2 Å². The lowest BCUT2D eigenvalue weighted by molar-refractivity contribution is -0.131. The molecule has 0 aliphatic rings. The Balaban J connectivity index is 1.78. The lowest BCUT2D eigenvalue weighted by Crippen LogP contribution is -2.02. The number of aromatic nitrogens is 2. The number of hydrogen-bond acceptors (Lipinski definition) is 6. The summed E-state index contributed by atoms with van der Waals surface area (Å²) in [6.07, 6.45) is 0. The van der Waals surface area contributed by atoms with Crippen LogP contribution in [0.25, 0.3) is 32.3 Å². The number of nitrogens with zero attached hydrogens (tertiary/aromatic N) is 2. The van der Waals surface area contributed by atoms with Crippen molar-refractivity contribution in [2.45, 2.75) is 6.92 Å². The van der Waals surface area contributed by atoms with E-state index < -0.39 is 5.97 Å². The molecule has 0 amide bonds. The summed E-state index contributed by atoms with van der Waals surface area (Å²) in [5.74, 6) is 0.453. The number of rotatable bonds is 3. The minimum absolute atomic E-state index is 0.239. The van der Waals surface area contributed by atoms with Crippen LogP contribution >= 0.6 is 34.5 Å². The number of benzene rings is 2. The third kappa shape index (κ3) is 3.07. The molecule has 2 aromatic heterocycles. The molecule has 0 saturated carbocycles. The molecule has 0 unspecified atom stereocenters. The molecule has 0 radical (unpaired) electrons. The summed E-state index contributed by atoms with van der Waals surface area (Å²) in [5, 5.41) is 10.1. The van der Waals surface area contributed by atoms with E-state index in [-0.39, 0.29) is 5.89 Å². The van der Waals surface area contributed by atoms with Gasteiger partial charge in [-0.2, -0.15) is 0 Å². The van der Waals surface area contributed by atoms with Gasteiger partial charge in [0, 0.05) is 22.0 Å². The van der Waals surface area contributed by atoms with Crippen LogP contribution < -0.4 is 4.74 Å². The molecule has 0 spiro atoms. The first-order valence-electron chi connectivity index (χ1n) is 7.52. The van der Waals surface area contributed by atoms with Gasteiger partial charge < -0.3 is 9.15 Å². The van der Waals surface area contributed by atoms with Gasteiger partial charge in [-0.05, 0) is 30.3 Å². The molecule has 5 nitrogen and oxygen atoms in total. The second-order valence-electron chi connectivity index (χ2n) is 5.39. The van der Waals surface area contributed by atoms with Gasteiger partial charge in [0.2, 0.25) is 0 Å². The third-order valence-electron chi connectivity index (χ3n) is 3.58. The maximum atomic E-state index is 11.3. The lowest BCUT2D eigenvalue weighted by atomic mass is 10.2. The number of fused-ring (bicyclic) bond motifs is 1. The fraction of sp³-hybridized carbons (Fsp3) is 0.0556. The van der Waals surface area contributed by atoms with Gasteiger partial charge in [-0.1, -0.05) is 35.3 Å². The molecule has 0 aliphatic carbocycles. The number of carbonyl (C=O) groups excluding carboxylic acids is 1. The second kappa shape index (κ2) is 6.72. The molecular formula is C18H10Cl2N2O3S. The molecule has 4 aromatic rings. The Bertz CT molecular complexity index is 1140. The van der Waals surface area contributed by atoms with E-state index in [4.69, 9.17) is 32.4 Å². The Morgan fingerprint density at radius 2 is 1.88 bits per heavy atom. The Morgan fingerprint density at radius 1 is 1.12 bits per heavy atom. The number of hydrogen-bond donors (Lipinski definition) is 0. The first-order chi connectivity index (χ1) is 12.5. The number of carbonyl (C=O) groups is 1. The Labute approximate surface area is 162 Å². The summed E-state index contributed by atoms with van der Waals surface area (Å²) in [6.45, 7) is 1.33. The third-order valence-corrected chi connectivity index (χ3v) is 5.48. The molecule has 26 heavy (non-hydrogen) atoms. The smallest absolute Gasteiger partial charge is 0.308 e. The standard InChI is InChI=1S/C18H10Cl2N2O3S/c1-9(23)24-13-5-3-2-4-11(13)17-21-22-18(25-17)16-15(20)12-8-10(19)6-7-14(12)26-16/h2-8H,1H3. The molecule has 0 aliphatic heterocycles. The van der Waals surface area contributed by atoms with Gasteiger partial charge in [0.1, 0.15) is 10.6 Å². The predicted octanol–water partition coefficient (Wildman–Crippen LogP) is 5.85. The van der Waals surface area contributed by atoms with Crippen molar-refractivity contribution < 1.29 is 13.9 Å². The van der Waals surface area contributed by atoms with E-state index in [9.17, 15) is 4.79 Å². The first kappa shape index (κ1) is 17.0. The van der Waals surface area contributed by atoms with Crippen molar-refractivity contribution >= 4 is 50.6 Å². The van der Waals surface area contributed by atoms with Gasteiger partial charge in [-0.15, -0.1) is 21.5 Å². The van der Waals surface area contributed by atoms with Crippen LogP contribution in [0.2, 0.25) is 10.0 Å². The number of thiophene rings is 1. The fourth-order valence-electron chi connectivity index (χ4n) is 2.49. The monoisotopic (exact) mass is 404 g/mol. The van der Waals surface area contributed by atoms with Gasteiger partial charge in [0.25, 0.3) is 11.8 Å². The zero-order valence-corrected chi connectivity index (χ0v) is 15.7. The van der Waals surface area contributed by atoms with Crippen molar-refractivity contribution in [3.8, 4) is 28.0 Å². The number of ether oxygens (including phenoxy) is 1. The van der Waals surface area contributed by atoms with Gasteiger partial charge in [0.05, 0.1) is 10.6 Å². The van der Waals surface area contributed by atoms with Crippen LogP contribution in [-0.2, 0) is 4.79 Å². The Morgan fingerprint density at radius 3 is 2.69 bits per heavy atom. The minimum atomic E-state index is -0.429. The fourth-order valence-corrected chi connectivity index (χ4v) is 4.07. The van der Waals surface area contributed by atoms with Crippen molar-refractivity contribution in [3.05, 3.63) is 52.5 Å². The maximum absolute atomic E-state index is 11.3. The zero-order chi connectivity index (χ0) is 18.3. The Kier molecular flexibility index (Phi) is 4.40. The van der Waals surface area contributed by atoms with Crippen LogP contribution in [0.1, 0.15) is 6.92 Å². The van der Waals surface area contributed by atoms with Crippen LogP contribution in [0.15, 0.2) is 46.9 Å². The SMILES string of the molecule is CC(=O)Oc1ccccc1-c1nnc(-c2sc3ccc(Cl)cc3c2Cl)o1. The average molecular weight is 405 g/mol. The van der Waals surface area contributed by atoms with E-state index in [2.05, 4.69) is 10.2 Å². The molecule has 0 N–H and O–H groups in total. The van der Waals surface area contributed by atoms with Gasteiger partial charge in [0.15, 0.2) is 0 Å². The second-order valence-corrected chi connectivity index (χ2v) is 7.25. The molecule has 2 heterocycles. The van der Waals surface area contributed by atoms with E-state index in [1.54, 1.807) is 36.4 Å². The van der Waals surface area contributed by atoms with Crippen LogP contribution in [0.3, 0.4) is 0 Å². The molecular weight excluding hydrogens is 395 g/mol. The van der Waals surface area contributed by atoms with Crippen molar-refractivity contribution in [3.63, 3.8) is 0 Å². The molecule has 0 fully saturated rings. The highest BCUT2D eigenvalue weighted by atomic mass is 35.5.